The minimum atomic E-state index is -0.223. The Balaban J connectivity index is 2.49. The summed E-state index contributed by atoms with van der Waals surface area (Å²) in [4.78, 5) is 22.8. The highest BCUT2D eigenvalue weighted by molar-refractivity contribution is 5.96. The van der Waals surface area contributed by atoms with Crippen LogP contribution in [0.15, 0.2) is 24.3 Å². The number of likely N-dealkylation sites (N-methyl/N-ethyl adjacent to an activating group) is 1. The third-order valence-corrected chi connectivity index (χ3v) is 2.41. The standard InChI is InChI=1S/C13H18N2O2/c1-3-10-5-7-11(8-6-10)13(17)15-9-12(16)14-4-2/h5-8H,3-4,9H2,1-2H3,(H,14,16)(H,15,17). The van der Waals surface area contributed by atoms with Crippen LogP contribution in [0.2, 0.25) is 0 Å². The normalized spacial score (nSPS) is 9.76. The summed E-state index contributed by atoms with van der Waals surface area (Å²) < 4.78 is 0. The van der Waals surface area contributed by atoms with Gasteiger partial charge >= 0.3 is 0 Å². The van der Waals surface area contributed by atoms with Gasteiger partial charge in [-0.05, 0) is 31.0 Å². The lowest BCUT2D eigenvalue weighted by molar-refractivity contribution is -0.120. The molecule has 17 heavy (non-hydrogen) atoms. The summed E-state index contributed by atoms with van der Waals surface area (Å²) in [6, 6.07) is 7.37. The van der Waals surface area contributed by atoms with Crippen molar-refractivity contribution in [3.05, 3.63) is 35.4 Å². The average molecular weight is 234 g/mol. The molecule has 4 heteroatoms. The molecule has 0 aromatic heterocycles. The number of hydrogen-bond acceptors (Lipinski definition) is 2. The van der Waals surface area contributed by atoms with E-state index in [4.69, 9.17) is 0 Å². The quantitative estimate of drug-likeness (QED) is 0.802. The van der Waals surface area contributed by atoms with Crippen molar-refractivity contribution in [2.45, 2.75) is 20.3 Å². The van der Waals surface area contributed by atoms with E-state index in [0.29, 0.717) is 12.1 Å². The Labute approximate surface area is 101 Å². The first kappa shape index (κ1) is 13.2. The van der Waals surface area contributed by atoms with E-state index in [9.17, 15) is 9.59 Å². The molecule has 1 aromatic rings. The molecule has 0 bridgehead atoms. The number of benzene rings is 1. The summed E-state index contributed by atoms with van der Waals surface area (Å²) in [5, 5.41) is 5.19. The highest BCUT2D eigenvalue weighted by atomic mass is 16.2. The first-order valence-electron chi connectivity index (χ1n) is 5.81. The maximum absolute atomic E-state index is 11.7. The van der Waals surface area contributed by atoms with Crippen molar-refractivity contribution >= 4 is 11.8 Å². The van der Waals surface area contributed by atoms with Crippen LogP contribution >= 0.6 is 0 Å². The summed E-state index contributed by atoms with van der Waals surface area (Å²) in [6.07, 6.45) is 0.945. The average Bonchev–Trinajstić information content (AvgIpc) is 2.36. The van der Waals surface area contributed by atoms with Crippen molar-refractivity contribution < 1.29 is 9.59 Å². The van der Waals surface area contributed by atoms with Crippen LogP contribution < -0.4 is 10.6 Å². The van der Waals surface area contributed by atoms with Crippen LogP contribution in [0.1, 0.15) is 29.8 Å². The van der Waals surface area contributed by atoms with Crippen LogP contribution in [0.3, 0.4) is 0 Å². The zero-order valence-electron chi connectivity index (χ0n) is 10.2. The van der Waals surface area contributed by atoms with Gasteiger partial charge in [0.25, 0.3) is 5.91 Å². The van der Waals surface area contributed by atoms with Gasteiger partial charge in [0.2, 0.25) is 5.91 Å². The smallest absolute Gasteiger partial charge is 0.251 e. The fourth-order valence-corrected chi connectivity index (χ4v) is 1.41. The molecule has 0 aliphatic carbocycles. The highest BCUT2D eigenvalue weighted by Crippen LogP contribution is 2.04. The van der Waals surface area contributed by atoms with Crippen LogP contribution in [0.5, 0.6) is 0 Å². The third kappa shape index (κ3) is 4.26. The Morgan fingerprint density at radius 1 is 1.06 bits per heavy atom. The van der Waals surface area contributed by atoms with E-state index in [1.807, 2.05) is 19.1 Å². The van der Waals surface area contributed by atoms with Crippen molar-refractivity contribution in [3.63, 3.8) is 0 Å². The zero-order valence-corrected chi connectivity index (χ0v) is 10.2. The molecule has 0 unspecified atom stereocenters. The molecule has 0 aliphatic rings. The van der Waals surface area contributed by atoms with Crippen molar-refractivity contribution in [3.8, 4) is 0 Å². The van der Waals surface area contributed by atoms with Gasteiger partial charge in [0.15, 0.2) is 0 Å². The first-order chi connectivity index (χ1) is 8.17. The van der Waals surface area contributed by atoms with Gasteiger partial charge in [0.05, 0.1) is 6.54 Å². The van der Waals surface area contributed by atoms with Crippen molar-refractivity contribution in [1.29, 1.82) is 0 Å². The largest absolute Gasteiger partial charge is 0.355 e. The molecule has 0 spiro atoms. The molecule has 1 aromatic carbocycles. The van der Waals surface area contributed by atoms with Gasteiger partial charge < -0.3 is 10.6 Å². The van der Waals surface area contributed by atoms with E-state index in [2.05, 4.69) is 17.6 Å². The summed E-state index contributed by atoms with van der Waals surface area (Å²) in [5.74, 6) is -0.398. The molecule has 0 fully saturated rings. The third-order valence-electron chi connectivity index (χ3n) is 2.41. The molecule has 0 heterocycles. The molecular formula is C13H18N2O2. The van der Waals surface area contributed by atoms with Crippen molar-refractivity contribution in [2.24, 2.45) is 0 Å². The number of nitrogens with one attached hydrogen (secondary N) is 2. The molecule has 0 atom stereocenters. The molecule has 4 nitrogen and oxygen atoms in total. The second-order valence-electron chi connectivity index (χ2n) is 3.69. The van der Waals surface area contributed by atoms with Gasteiger partial charge in [-0.15, -0.1) is 0 Å². The fourth-order valence-electron chi connectivity index (χ4n) is 1.41. The molecule has 0 saturated carbocycles. The molecule has 2 amide bonds. The Bertz CT molecular complexity index is 385. The number of amides is 2. The van der Waals surface area contributed by atoms with E-state index in [-0.39, 0.29) is 18.4 Å². The van der Waals surface area contributed by atoms with Crippen molar-refractivity contribution in [1.82, 2.24) is 10.6 Å². The van der Waals surface area contributed by atoms with Crippen molar-refractivity contribution in [2.75, 3.05) is 13.1 Å². The van der Waals surface area contributed by atoms with Gasteiger partial charge in [0, 0.05) is 12.1 Å². The lowest BCUT2D eigenvalue weighted by Gasteiger charge is -2.05. The highest BCUT2D eigenvalue weighted by Gasteiger charge is 2.06. The van der Waals surface area contributed by atoms with Gasteiger partial charge in [-0.3, -0.25) is 9.59 Å². The topological polar surface area (TPSA) is 58.2 Å². The van der Waals surface area contributed by atoms with E-state index in [1.165, 1.54) is 5.56 Å². The minimum Gasteiger partial charge on any atom is -0.355 e. The van der Waals surface area contributed by atoms with E-state index in [0.717, 1.165) is 6.42 Å². The SMILES string of the molecule is CCNC(=O)CNC(=O)c1ccc(CC)cc1. The molecule has 2 N–H and O–H groups in total. The Hall–Kier alpha value is -1.84. The summed E-state index contributed by atoms with van der Waals surface area (Å²) in [6.45, 7) is 4.48. The Morgan fingerprint density at radius 3 is 2.24 bits per heavy atom. The van der Waals surface area contributed by atoms with E-state index < -0.39 is 0 Å². The Kier molecular flexibility index (Phi) is 5.20. The van der Waals surface area contributed by atoms with Crippen LogP contribution in [0.25, 0.3) is 0 Å². The van der Waals surface area contributed by atoms with Gasteiger partial charge in [0.1, 0.15) is 0 Å². The Morgan fingerprint density at radius 2 is 1.71 bits per heavy atom. The summed E-state index contributed by atoms with van der Waals surface area (Å²) in [7, 11) is 0. The predicted octanol–water partition coefficient (Wildman–Crippen LogP) is 1.11. The molecule has 92 valence electrons. The van der Waals surface area contributed by atoms with Gasteiger partial charge in [-0.2, -0.15) is 0 Å². The number of rotatable bonds is 5. The second-order valence-corrected chi connectivity index (χ2v) is 3.69. The van der Waals surface area contributed by atoms with E-state index in [1.54, 1.807) is 12.1 Å². The number of aryl methyl sites for hydroxylation is 1. The lowest BCUT2D eigenvalue weighted by Crippen LogP contribution is -2.36. The fraction of sp³-hybridized carbons (Fsp3) is 0.385. The minimum absolute atomic E-state index is 0.0161. The summed E-state index contributed by atoms with van der Waals surface area (Å²) in [5.41, 5.74) is 1.76. The predicted molar refractivity (Wildman–Crippen MR) is 66.8 cm³/mol. The first-order valence-corrected chi connectivity index (χ1v) is 5.81. The summed E-state index contributed by atoms with van der Waals surface area (Å²) >= 11 is 0. The van der Waals surface area contributed by atoms with Crippen LogP contribution in [-0.2, 0) is 11.2 Å². The van der Waals surface area contributed by atoms with Crippen LogP contribution in [0, 0.1) is 0 Å². The zero-order chi connectivity index (χ0) is 12.7. The number of hydrogen-bond donors (Lipinski definition) is 2. The van der Waals surface area contributed by atoms with Crippen LogP contribution in [-0.4, -0.2) is 24.9 Å². The van der Waals surface area contributed by atoms with E-state index >= 15 is 0 Å². The maximum atomic E-state index is 11.7. The maximum Gasteiger partial charge on any atom is 0.251 e. The van der Waals surface area contributed by atoms with Gasteiger partial charge in [-0.1, -0.05) is 19.1 Å². The number of carbonyl (C=O) groups is 2. The molecule has 0 saturated heterocycles. The molecule has 0 radical (unpaired) electrons. The van der Waals surface area contributed by atoms with Crippen LogP contribution in [0.4, 0.5) is 0 Å². The molecular weight excluding hydrogens is 216 g/mol. The molecule has 0 aliphatic heterocycles. The van der Waals surface area contributed by atoms with Gasteiger partial charge in [-0.25, -0.2) is 0 Å². The number of carbonyl (C=O) groups excluding carboxylic acids is 2. The second kappa shape index (κ2) is 6.68. The monoisotopic (exact) mass is 234 g/mol. The molecule has 1 rings (SSSR count). The lowest BCUT2D eigenvalue weighted by atomic mass is 10.1.